The number of aromatic nitrogens is 2. The second-order valence-electron chi connectivity index (χ2n) is 4.95. The zero-order valence-electron chi connectivity index (χ0n) is 12.0. The number of fused-ring (bicyclic) bond motifs is 1. The maximum atomic E-state index is 13.0. The van der Waals surface area contributed by atoms with E-state index in [9.17, 15) is 22.8 Å². The van der Waals surface area contributed by atoms with Crippen molar-refractivity contribution in [3.05, 3.63) is 70.3 Å². The molecule has 2 aromatic heterocycles. The number of alkyl halides is 3. The minimum absolute atomic E-state index is 0.202. The molecule has 0 atom stereocenters. The Balaban J connectivity index is 2.07. The van der Waals surface area contributed by atoms with E-state index in [1.165, 1.54) is 30.6 Å². The lowest BCUT2D eigenvalue weighted by atomic mass is 10.1. The smallest absolute Gasteiger partial charge is 0.360 e. The number of para-hydroxylation sites is 1. The van der Waals surface area contributed by atoms with Crippen molar-refractivity contribution in [1.82, 2.24) is 9.97 Å². The average molecular weight is 333 g/mol. The third-order valence-electron chi connectivity index (χ3n) is 3.40. The SMILES string of the molecule is O=C(Nc1ccncc1)c1c[nH]c2c(C(F)(F)F)cccc2c1=O. The molecule has 24 heavy (non-hydrogen) atoms. The normalized spacial score (nSPS) is 11.5. The van der Waals surface area contributed by atoms with Crippen molar-refractivity contribution >= 4 is 22.5 Å². The number of H-pyrrole nitrogens is 1. The molecule has 5 nitrogen and oxygen atoms in total. The fourth-order valence-electron chi connectivity index (χ4n) is 2.29. The summed E-state index contributed by atoms with van der Waals surface area (Å²) in [5, 5.41) is 2.29. The fourth-order valence-corrected chi connectivity index (χ4v) is 2.29. The molecule has 0 bridgehead atoms. The van der Waals surface area contributed by atoms with Gasteiger partial charge in [0.2, 0.25) is 5.43 Å². The molecule has 3 aromatic rings. The molecule has 1 aromatic carbocycles. The number of pyridine rings is 2. The quantitative estimate of drug-likeness (QED) is 0.756. The molecule has 0 fully saturated rings. The second kappa shape index (κ2) is 5.80. The van der Waals surface area contributed by atoms with Crippen LogP contribution in [0.25, 0.3) is 10.9 Å². The van der Waals surface area contributed by atoms with Crippen molar-refractivity contribution in [3.8, 4) is 0 Å². The highest BCUT2D eigenvalue weighted by Crippen LogP contribution is 2.32. The summed E-state index contributed by atoms with van der Waals surface area (Å²) >= 11 is 0. The van der Waals surface area contributed by atoms with Crippen LogP contribution in [0.5, 0.6) is 0 Å². The maximum absolute atomic E-state index is 13.0. The first-order chi connectivity index (χ1) is 11.4. The van der Waals surface area contributed by atoms with Gasteiger partial charge >= 0.3 is 6.18 Å². The van der Waals surface area contributed by atoms with Crippen LogP contribution in [0.1, 0.15) is 15.9 Å². The number of carbonyl (C=O) groups is 1. The Hall–Kier alpha value is -3.16. The van der Waals surface area contributed by atoms with Crippen LogP contribution >= 0.6 is 0 Å². The van der Waals surface area contributed by atoms with E-state index in [4.69, 9.17) is 0 Å². The molecule has 122 valence electrons. The van der Waals surface area contributed by atoms with Crippen molar-refractivity contribution in [2.24, 2.45) is 0 Å². The van der Waals surface area contributed by atoms with E-state index in [2.05, 4.69) is 15.3 Å². The first kappa shape index (κ1) is 15.7. The van der Waals surface area contributed by atoms with Crippen LogP contribution in [0.15, 0.2) is 53.7 Å². The van der Waals surface area contributed by atoms with Gasteiger partial charge in [-0.25, -0.2) is 0 Å². The Morgan fingerprint density at radius 1 is 1.12 bits per heavy atom. The molecule has 0 saturated heterocycles. The van der Waals surface area contributed by atoms with Gasteiger partial charge in [-0.15, -0.1) is 0 Å². The fraction of sp³-hybridized carbons (Fsp3) is 0.0625. The van der Waals surface area contributed by atoms with Gasteiger partial charge in [0, 0.05) is 29.7 Å². The number of aromatic amines is 1. The summed E-state index contributed by atoms with van der Waals surface area (Å²) in [5.41, 5.74) is -1.95. The molecule has 0 saturated carbocycles. The predicted octanol–water partition coefficient (Wildman–Crippen LogP) is 3.19. The summed E-state index contributed by atoms with van der Waals surface area (Å²) < 4.78 is 39.0. The van der Waals surface area contributed by atoms with Crippen LogP contribution in [0.2, 0.25) is 0 Å². The molecule has 0 aliphatic rings. The van der Waals surface area contributed by atoms with Gasteiger partial charge in [-0.1, -0.05) is 6.07 Å². The largest absolute Gasteiger partial charge is 0.418 e. The van der Waals surface area contributed by atoms with Crippen LogP contribution in [0.4, 0.5) is 18.9 Å². The zero-order valence-corrected chi connectivity index (χ0v) is 12.0. The number of benzene rings is 1. The van der Waals surface area contributed by atoms with Gasteiger partial charge in [-0.3, -0.25) is 14.6 Å². The first-order valence-electron chi connectivity index (χ1n) is 6.81. The lowest BCUT2D eigenvalue weighted by Crippen LogP contribution is -2.22. The second-order valence-corrected chi connectivity index (χ2v) is 4.95. The summed E-state index contributed by atoms with van der Waals surface area (Å²) in [6, 6.07) is 6.29. The van der Waals surface area contributed by atoms with Crippen molar-refractivity contribution in [2.75, 3.05) is 5.32 Å². The molecule has 1 amide bonds. The van der Waals surface area contributed by atoms with Crippen LogP contribution in [0.3, 0.4) is 0 Å². The molecule has 2 heterocycles. The highest BCUT2D eigenvalue weighted by molar-refractivity contribution is 6.05. The molecule has 0 aliphatic carbocycles. The topological polar surface area (TPSA) is 74.8 Å². The number of anilines is 1. The number of nitrogens with one attached hydrogen (secondary N) is 2. The Morgan fingerprint density at radius 2 is 1.83 bits per heavy atom. The molecule has 0 aliphatic heterocycles. The van der Waals surface area contributed by atoms with Gasteiger partial charge in [0.05, 0.1) is 11.1 Å². The molecule has 0 unspecified atom stereocenters. The molecule has 0 radical (unpaired) electrons. The van der Waals surface area contributed by atoms with Crippen LogP contribution in [-0.2, 0) is 6.18 Å². The van der Waals surface area contributed by atoms with E-state index in [1.54, 1.807) is 0 Å². The number of rotatable bonds is 2. The standard InChI is InChI=1S/C16H10F3N3O2/c17-16(18,19)12-3-1-2-10-13(12)21-8-11(14(10)23)15(24)22-9-4-6-20-7-5-9/h1-8H,(H,21,23)(H,20,22,24). The Kier molecular flexibility index (Phi) is 3.80. The number of hydrogen-bond donors (Lipinski definition) is 2. The van der Waals surface area contributed by atoms with Gasteiger partial charge in [0.1, 0.15) is 5.56 Å². The highest BCUT2D eigenvalue weighted by Gasteiger charge is 2.33. The number of amides is 1. The van der Waals surface area contributed by atoms with Crippen molar-refractivity contribution < 1.29 is 18.0 Å². The number of hydrogen-bond acceptors (Lipinski definition) is 3. The third-order valence-corrected chi connectivity index (χ3v) is 3.40. The van der Waals surface area contributed by atoms with Gasteiger partial charge in [0.15, 0.2) is 0 Å². The minimum atomic E-state index is -4.61. The van der Waals surface area contributed by atoms with Crippen molar-refractivity contribution in [3.63, 3.8) is 0 Å². The van der Waals surface area contributed by atoms with Crippen molar-refractivity contribution in [2.45, 2.75) is 6.18 Å². The molecule has 3 rings (SSSR count). The van der Waals surface area contributed by atoms with E-state index in [1.807, 2.05) is 0 Å². The molecule has 2 N–H and O–H groups in total. The van der Waals surface area contributed by atoms with E-state index >= 15 is 0 Å². The minimum Gasteiger partial charge on any atom is -0.360 e. The summed E-state index contributed by atoms with van der Waals surface area (Å²) in [6.45, 7) is 0. The molecule has 0 spiro atoms. The summed E-state index contributed by atoms with van der Waals surface area (Å²) in [6.07, 6.45) is -0.717. The summed E-state index contributed by atoms with van der Waals surface area (Å²) in [4.78, 5) is 30.8. The van der Waals surface area contributed by atoms with E-state index in [0.29, 0.717) is 5.69 Å². The van der Waals surface area contributed by atoms with Gasteiger partial charge in [-0.05, 0) is 24.3 Å². The van der Waals surface area contributed by atoms with Crippen molar-refractivity contribution in [1.29, 1.82) is 0 Å². The molecular formula is C16H10F3N3O2. The zero-order chi connectivity index (χ0) is 17.3. The van der Waals surface area contributed by atoms with Gasteiger partial charge in [0.25, 0.3) is 5.91 Å². The Bertz CT molecular complexity index is 966. The monoisotopic (exact) mass is 333 g/mol. The van der Waals surface area contributed by atoms with E-state index in [0.717, 1.165) is 18.3 Å². The van der Waals surface area contributed by atoms with Gasteiger partial charge < -0.3 is 10.3 Å². The maximum Gasteiger partial charge on any atom is 0.418 e. The van der Waals surface area contributed by atoms with E-state index < -0.39 is 23.1 Å². The number of carbonyl (C=O) groups excluding carboxylic acids is 1. The Morgan fingerprint density at radius 3 is 2.50 bits per heavy atom. The van der Waals surface area contributed by atoms with Crippen LogP contribution in [-0.4, -0.2) is 15.9 Å². The predicted molar refractivity (Wildman–Crippen MR) is 81.8 cm³/mol. The van der Waals surface area contributed by atoms with Gasteiger partial charge in [-0.2, -0.15) is 13.2 Å². The summed E-state index contributed by atoms with van der Waals surface area (Å²) in [5.74, 6) is -0.721. The first-order valence-corrected chi connectivity index (χ1v) is 6.81. The lowest BCUT2D eigenvalue weighted by molar-refractivity contribution is -0.136. The van der Waals surface area contributed by atoms with Crippen LogP contribution < -0.4 is 10.7 Å². The average Bonchev–Trinajstić information content (AvgIpc) is 2.54. The third kappa shape index (κ3) is 2.85. The Labute approximate surface area is 133 Å². The number of nitrogens with zero attached hydrogens (tertiary/aromatic N) is 1. The summed E-state index contributed by atoms with van der Waals surface area (Å²) in [7, 11) is 0. The lowest BCUT2D eigenvalue weighted by Gasteiger charge is -2.11. The molecular weight excluding hydrogens is 323 g/mol. The van der Waals surface area contributed by atoms with E-state index in [-0.39, 0.29) is 16.5 Å². The van der Waals surface area contributed by atoms with Crippen LogP contribution in [0, 0.1) is 0 Å². The highest BCUT2D eigenvalue weighted by atomic mass is 19.4. The molecule has 8 heteroatoms. The number of halogens is 3.